The first-order valence-electron chi connectivity index (χ1n) is 10.6. The van der Waals surface area contributed by atoms with Gasteiger partial charge in [-0.2, -0.15) is 9.97 Å². The van der Waals surface area contributed by atoms with Crippen LogP contribution in [0.25, 0.3) is 5.69 Å². The Morgan fingerprint density at radius 3 is 2.41 bits per heavy atom. The smallest absolute Gasteiger partial charge is 0.321 e. The number of methoxy groups -OCH3 is 2. The van der Waals surface area contributed by atoms with Crippen LogP contribution in [0.5, 0.6) is 17.8 Å². The van der Waals surface area contributed by atoms with Crippen LogP contribution in [-0.4, -0.2) is 105 Å². The van der Waals surface area contributed by atoms with Crippen molar-refractivity contribution in [3.63, 3.8) is 0 Å². The molecule has 1 fully saturated rings. The molecular formula is C20H24N6O10S. The molecule has 0 saturated carbocycles. The lowest BCUT2D eigenvalue weighted by atomic mass is 9.99. The third kappa shape index (κ3) is 5.71. The second-order valence-corrected chi connectivity index (χ2v) is 9.38. The fraction of sp³-hybridized carbons (Fsp3) is 0.400. The standard InChI is InChI=1S/C20H24N6O10S/c1-33-14-7-13(21-20(22-14)34-2)24-37(31,32)11-5-3-10(4-6-11)26-8-15(23-25-26)36-19-18(30)17(29)16(28)12(9-27)35-19/h3-8,12,16-19,27-30H,9H2,1-2H3,(H,21,22,24)/t12-,16+,17+,18-,19+/m1/s1. The molecule has 0 radical (unpaired) electrons. The highest BCUT2D eigenvalue weighted by molar-refractivity contribution is 7.92. The van der Waals surface area contributed by atoms with Gasteiger partial charge >= 0.3 is 6.01 Å². The Bertz CT molecular complexity index is 1300. The predicted molar refractivity (Wildman–Crippen MR) is 122 cm³/mol. The minimum absolute atomic E-state index is 0.0564. The molecule has 0 unspecified atom stereocenters. The van der Waals surface area contributed by atoms with E-state index in [9.17, 15) is 28.8 Å². The summed E-state index contributed by atoms with van der Waals surface area (Å²) in [5.41, 5.74) is 0.417. The van der Waals surface area contributed by atoms with Crippen LogP contribution in [-0.2, 0) is 14.8 Å². The maximum absolute atomic E-state index is 12.8. The molecule has 3 heterocycles. The number of aliphatic hydroxyl groups excluding tert-OH is 4. The summed E-state index contributed by atoms with van der Waals surface area (Å²) in [5.74, 6) is -0.0544. The Kier molecular flexibility index (Phi) is 7.71. The van der Waals surface area contributed by atoms with Gasteiger partial charge in [0.1, 0.15) is 24.4 Å². The molecule has 1 saturated heterocycles. The molecule has 1 aromatic carbocycles. The van der Waals surface area contributed by atoms with Gasteiger partial charge in [0.15, 0.2) is 5.82 Å². The van der Waals surface area contributed by atoms with Gasteiger partial charge in [-0.25, -0.2) is 13.1 Å². The Labute approximate surface area is 210 Å². The van der Waals surface area contributed by atoms with Crippen molar-refractivity contribution < 1.29 is 47.8 Å². The second kappa shape index (κ2) is 10.8. The maximum Gasteiger partial charge on any atom is 0.321 e. The van der Waals surface area contributed by atoms with Crippen molar-refractivity contribution in [1.82, 2.24) is 25.0 Å². The molecule has 2 aromatic heterocycles. The third-order valence-electron chi connectivity index (χ3n) is 5.28. The van der Waals surface area contributed by atoms with Crippen LogP contribution >= 0.6 is 0 Å². The van der Waals surface area contributed by atoms with Crippen LogP contribution in [0.2, 0.25) is 0 Å². The van der Waals surface area contributed by atoms with E-state index in [1.807, 2.05) is 0 Å². The summed E-state index contributed by atoms with van der Waals surface area (Å²) < 4.78 is 49.8. The zero-order valence-corrected chi connectivity index (χ0v) is 20.3. The fourth-order valence-electron chi connectivity index (χ4n) is 3.34. The second-order valence-electron chi connectivity index (χ2n) is 7.70. The van der Waals surface area contributed by atoms with Gasteiger partial charge in [0.2, 0.25) is 12.2 Å². The normalized spacial score (nSPS) is 23.9. The molecule has 5 N–H and O–H groups in total. The van der Waals surface area contributed by atoms with Crippen molar-refractivity contribution in [3.05, 3.63) is 36.5 Å². The zero-order valence-electron chi connectivity index (χ0n) is 19.4. The summed E-state index contributed by atoms with van der Waals surface area (Å²) in [6.45, 7) is -0.611. The number of nitrogens with one attached hydrogen (secondary N) is 1. The summed E-state index contributed by atoms with van der Waals surface area (Å²) in [6, 6.07) is 6.78. The minimum atomic E-state index is -4.03. The predicted octanol–water partition coefficient (Wildman–Crippen LogP) is -1.95. The number of sulfonamides is 1. The summed E-state index contributed by atoms with van der Waals surface area (Å²) >= 11 is 0. The van der Waals surface area contributed by atoms with E-state index in [0.717, 1.165) is 0 Å². The van der Waals surface area contributed by atoms with Crippen molar-refractivity contribution in [3.8, 4) is 23.5 Å². The number of aliphatic hydroxyl groups is 4. The van der Waals surface area contributed by atoms with Crippen molar-refractivity contribution in [2.75, 3.05) is 25.5 Å². The molecule has 1 aliphatic rings. The molecule has 17 heteroatoms. The van der Waals surface area contributed by atoms with Gasteiger partial charge in [0.25, 0.3) is 15.9 Å². The van der Waals surface area contributed by atoms with Gasteiger partial charge in [-0.3, -0.25) is 4.72 Å². The Hall–Kier alpha value is -3.61. The summed E-state index contributed by atoms with van der Waals surface area (Å²) in [6.07, 6.45) is -6.02. The van der Waals surface area contributed by atoms with E-state index < -0.39 is 47.3 Å². The van der Waals surface area contributed by atoms with Crippen molar-refractivity contribution in [1.29, 1.82) is 0 Å². The first-order valence-corrected chi connectivity index (χ1v) is 12.1. The molecule has 4 rings (SSSR count). The number of hydrogen-bond acceptors (Lipinski definition) is 14. The maximum atomic E-state index is 12.8. The molecule has 3 aromatic rings. The molecule has 0 aliphatic carbocycles. The molecule has 1 aliphatic heterocycles. The average molecular weight is 541 g/mol. The number of rotatable bonds is 9. The molecular weight excluding hydrogens is 516 g/mol. The molecule has 0 spiro atoms. The highest BCUT2D eigenvalue weighted by Crippen LogP contribution is 2.24. The number of aromatic nitrogens is 5. The summed E-state index contributed by atoms with van der Waals surface area (Å²) in [5, 5.41) is 46.8. The molecule has 0 amide bonds. The lowest BCUT2D eigenvalue weighted by molar-refractivity contribution is -0.278. The first kappa shape index (κ1) is 26.5. The number of nitrogens with zero attached hydrogens (tertiary/aromatic N) is 5. The summed E-state index contributed by atoms with van der Waals surface area (Å²) in [4.78, 5) is 7.76. The van der Waals surface area contributed by atoms with Gasteiger partial charge in [-0.05, 0) is 24.3 Å². The van der Waals surface area contributed by atoms with Crippen LogP contribution in [0.4, 0.5) is 5.82 Å². The highest BCUT2D eigenvalue weighted by atomic mass is 32.2. The first-order chi connectivity index (χ1) is 17.6. The van der Waals surface area contributed by atoms with Crippen molar-refractivity contribution >= 4 is 15.8 Å². The van der Waals surface area contributed by atoms with Gasteiger partial charge in [-0.15, -0.1) is 0 Å². The van der Waals surface area contributed by atoms with Crippen molar-refractivity contribution in [2.45, 2.75) is 35.6 Å². The highest BCUT2D eigenvalue weighted by Gasteiger charge is 2.45. The van der Waals surface area contributed by atoms with Crippen LogP contribution < -0.4 is 18.9 Å². The summed E-state index contributed by atoms with van der Waals surface area (Å²) in [7, 11) is -1.34. The Morgan fingerprint density at radius 1 is 1.03 bits per heavy atom. The average Bonchev–Trinajstić information content (AvgIpc) is 3.37. The molecule has 16 nitrogen and oxygen atoms in total. The minimum Gasteiger partial charge on any atom is -0.481 e. The van der Waals surface area contributed by atoms with Gasteiger partial charge in [0.05, 0.1) is 37.6 Å². The van der Waals surface area contributed by atoms with Crippen molar-refractivity contribution in [2.24, 2.45) is 0 Å². The molecule has 5 atom stereocenters. The number of anilines is 1. The zero-order chi connectivity index (χ0) is 26.7. The monoisotopic (exact) mass is 540 g/mol. The lowest BCUT2D eigenvalue weighted by Gasteiger charge is -2.39. The van der Waals surface area contributed by atoms with Gasteiger partial charge in [-0.1, -0.05) is 10.3 Å². The number of benzene rings is 1. The quantitative estimate of drug-likeness (QED) is 0.199. The van der Waals surface area contributed by atoms with Gasteiger partial charge < -0.3 is 39.4 Å². The van der Waals surface area contributed by atoms with Crippen LogP contribution in [0.1, 0.15) is 0 Å². The molecule has 200 valence electrons. The van der Waals surface area contributed by atoms with E-state index in [-0.39, 0.29) is 28.5 Å². The Balaban J connectivity index is 1.46. The van der Waals surface area contributed by atoms with Gasteiger partial charge in [0, 0.05) is 6.07 Å². The van der Waals surface area contributed by atoms with E-state index in [0.29, 0.717) is 5.69 Å². The molecule has 0 bridgehead atoms. The van der Waals surface area contributed by atoms with E-state index in [1.165, 1.54) is 55.4 Å². The lowest BCUT2D eigenvalue weighted by Crippen LogP contribution is -2.60. The third-order valence-corrected chi connectivity index (χ3v) is 6.65. The van der Waals surface area contributed by atoms with Crippen LogP contribution in [0.3, 0.4) is 0 Å². The number of ether oxygens (including phenoxy) is 4. The van der Waals surface area contributed by atoms with E-state index >= 15 is 0 Å². The fourth-order valence-corrected chi connectivity index (χ4v) is 4.33. The van der Waals surface area contributed by atoms with E-state index in [4.69, 9.17) is 18.9 Å². The number of hydrogen-bond donors (Lipinski definition) is 5. The van der Waals surface area contributed by atoms with E-state index in [1.54, 1.807) is 0 Å². The van der Waals surface area contributed by atoms with Crippen LogP contribution in [0, 0.1) is 0 Å². The SMILES string of the molecule is COc1cc(NS(=O)(=O)c2ccc(-n3cc(O[C@@H]4O[C@H](CO)[C@H](O)[C@H](O)[C@H]4O)nn3)cc2)nc(OC)n1. The molecule has 37 heavy (non-hydrogen) atoms. The topological polar surface area (TPSA) is 220 Å². The Morgan fingerprint density at radius 2 is 1.76 bits per heavy atom. The van der Waals surface area contributed by atoms with Crippen LogP contribution in [0.15, 0.2) is 41.4 Å². The van der Waals surface area contributed by atoms with E-state index in [2.05, 4.69) is 25.0 Å². The largest absolute Gasteiger partial charge is 0.481 e.